The van der Waals surface area contributed by atoms with Gasteiger partial charge >= 0.3 is 0 Å². The predicted octanol–water partition coefficient (Wildman–Crippen LogP) is 1.35. The molecule has 0 unspecified atom stereocenters. The average Bonchev–Trinajstić information content (AvgIpc) is 2.57. The van der Waals surface area contributed by atoms with Gasteiger partial charge in [-0.2, -0.15) is 5.10 Å². The van der Waals surface area contributed by atoms with Crippen LogP contribution in [0, 0.1) is 6.92 Å². The van der Waals surface area contributed by atoms with E-state index in [1.165, 1.54) is 0 Å². The summed E-state index contributed by atoms with van der Waals surface area (Å²) in [7, 11) is 0. The lowest BCUT2D eigenvalue weighted by atomic mass is 10.2. The topological polar surface area (TPSA) is 69.9 Å². The van der Waals surface area contributed by atoms with Crippen molar-refractivity contribution < 1.29 is 0 Å². The quantitative estimate of drug-likeness (QED) is 0.663. The number of hydrogen-bond donors (Lipinski definition) is 2. The van der Waals surface area contributed by atoms with Gasteiger partial charge in [0.15, 0.2) is 0 Å². The number of nitrogens with two attached hydrogens (primary N) is 2. The van der Waals surface area contributed by atoms with Crippen molar-refractivity contribution in [1.29, 1.82) is 0 Å². The third-order valence-electron chi connectivity index (χ3n) is 2.13. The van der Waals surface area contributed by atoms with Gasteiger partial charge in [0.1, 0.15) is 5.82 Å². The first-order valence-corrected chi connectivity index (χ1v) is 4.34. The van der Waals surface area contributed by atoms with E-state index in [2.05, 4.69) is 5.10 Å². The summed E-state index contributed by atoms with van der Waals surface area (Å²) in [6.07, 6.45) is 1.82. The van der Waals surface area contributed by atoms with Crippen molar-refractivity contribution >= 4 is 11.5 Å². The molecule has 0 radical (unpaired) electrons. The highest BCUT2D eigenvalue weighted by atomic mass is 15.3. The molecule has 0 aliphatic carbocycles. The minimum Gasteiger partial charge on any atom is -0.399 e. The van der Waals surface area contributed by atoms with Crippen molar-refractivity contribution in [2.24, 2.45) is 0 Å². The van der Waals surface area contributed by atoms with Crippen LogP contribution in [-0.2, 0) is 0 Å². The molecule has 1 aromatic carbocycles. The number of nitrogen functional groups attached to an aromatic ring is 2. The van der Waals surface area contributed by atoms with Crippen molar-refractivity contribution in [1.82, 2.24) is 9.78 Å². The monoisotopic (exact) mass is 188 g/mol. The maximum Gasteiger partial charge on any atom is 0.145 e. The summed E-state index contributed by atoms with van der Waals surface area (Å²) in [5, 5.41) is 4.11. The molecule has 1 heterocycles. The molecule has 1 aromatic heterocycles. The Morgan fingerprint density at radius 2 is 2.00 bits per heavy atom. The summed E-state index contributed by atoms with van der Waals surface area (Å²) in [6, 6.07) is 7.50. The van der Waals surface area contributed by atoms with E-state index in [1.54, 1.807) is 10.7 Å². The molecule has 0 fully saturated rings. The maximum atomic E-state index is 5.72. The lowest BCUT2D eigenvalue weighted by molar-refractivity contribution is 0.885. The number of nitrogens with zero attached hydrogens (tertiary/aromatic N) is 2. The zero-order valence-electron chi connectivity index (χ0n) is 7.94. The summed E-state index contributed by atoms with van der Waals surface area (Å²) < 4.78 is 1.72. The smallest absolute Gasteiger partial charge is 0.145 e. The number of rotatable bonds is 1. The molecule has 0 saturated carbocycles. The van der Waals surface area contributed by atoms with E-state index in [0.717, 1.165) is 16.9 Å². The van der Waals surface area contributed by atoms with Crippen LogP contribution in [-0.4, -0.2) is 9.78 Å². The molecule has 2 aromatic rings. The third-order valence-corrected chi connectivity index (χ3v) is 2.13. The van der Waals surface area contributed by atoms with Crippen LogP contribution in [0.1, 0.15) is 5.56 Å². The van der Waals surface area contributed by atoms with Crippen molar-refractivity contribution in [3.63, 3.8) is 0 Å². The highest BCUT2D eigenvalue weighted by Crippen LogP contribution is 2.15. The molecule has 0 amide bonds. The molecule has 4 N–H and O–H groups in total. The van der Waals surface area contributed by atoms with E-state index in [-0.39, 0.29) is 0 Å². The SMILES string of the molecule is Cc1cc(-n2ccc(N)n2)ccc1N. The molecular formula is C10H12N4. The first kappa shape index (κ1) is 8.62. The van der Waals surface area contributed by atoms with Crippen LogP contribution in [0.25, 0.3) is 5.69 Å². The van der Waals surface area contributed by atoms with Crippen LogP contribution < -0.4 is 11.5 Å². The molecule has 0 saturated heterocycles. The Hall–Kier alpha value is -1.97. The Morgan fingerprint density at radius 3 is 2.57 bits per heavy atom. The molecule has 14 heavy (non-hydrogen) atoms. The van der Waals surface area contributed by atoms with Crippen molar-refractivity contribution in [3.8, 4) is 5.69 Å². The summed E-state index contributed by atoms with van der Waals surface area (Å²) in [4.78, 5) is 0. The van der Waals surface area contributed by atoms with Crippen molar-refractivity contribution in [2.45, 2.75) is 6.92 Å². The van der Waals surface area contributed by atoms with Gasteiger partial charge in [-0.15, -0.1) is 0 Å². The summed E-state index contributed by atoms with van der Waals surface area (Å²) in [5.41, 5.74) is 14.0. The molecule has 0 aliphatic rings. The van der Waals surface area contributed by atoms with Crippen LogP contribution in [0.5, 0.6) is 0 Å². The minimum absolute atomic E-state index is 0.513. The number of aromatic nitrogens is 2. The van der Waals surface area contributed by atoms with Crippen LogP contribution >= 0.6 is 0 Å². The van der Waals surface area contributed by atoms with Crippen molar-refractivity contribution in [3.05, 3.63) is 36.0 Å². The molecule has 0 atom stereocenters. The summed E-state index contributed by atoms with van der Waals surface area (Å²) in [6.45, 7) is 1.96. The first-order valence-electron chi connectivity index (χ1n) is 4.34. The number of anilines is 2. The zero-order chi connectivity index (χ0) is 10.1. The number of benzene rings is 1. The predicted molar refractivity (Wildman–Crippen MR) is 57.1 cm³/mol. The van der Waals surface area contributed by atoms with Crippen LogP contribution in [0.15, 0.2) is 30.5 Å². The second kappa shape index (κ2) is 3.06. The highest BCUT2D eigenvalue weighted by Gasteiger charge is 2.00. The van der Waals surface area contributed by atoms with E-state index < -0.39 is 0 Å². The normalized spacial score (nSPS) is 10.4. The van der Waals surface area contributed by atoms with Crippen molar-refractivity contribution in [2.75, 3.05) is 11.5 Å². The van der Waals surface area contributed by atoms with Crippen LogP contribution in [0.4, 0.5) is 11.5 Å². The average molecular weight is 188 g/mol. The molecule has 0 aliphatic heterocycles. The van der Waals surface area contributed by atoms with Gasteiger partial charge in [-0.05, 0) is 30.7 Å². The number of aryl methyl sites for hydroxylation is 1. The lowest BCUT2D eigenvalue weighted by Gasteiger charge is -2.04. The van der Waals surface area contributed by atoms with Crippen LogP contribution in [0.2, 0.25) is 0 Å². The third kappa shape index (κ3) is 1.42. The maximum absolute atomic E-state index is 5.72. The van der Waals surface area contributed by atoms with E-state index in [9.17, 15) is 0 Å². The standard InChI is InChI=1S/C10H12N4/c1-7-6-8(2-3-9(7)11)14-5-4-10(12)13-14/h2-6H,11H2,1H3,(H2,12,13). The van der Waals surface area contributed by atoms with Gasteiger partial charge in [-0.1, -0.05) is 0 Å². The van der Waals surface area contributed by atoms with Gasteiger partial charge in [0.2, 0.25) is 0 Å². The fourth-order valence-corrected chi connectivity index (χ4v) is 1.28. The first-order chi connectivity index (χ1) is 6.66. The Morgan fingerprint density at radius 1 is 1.21 bits per heavy atom. The fraction of sp³-hybridized carbons (Fsp3) is 0.100. The Labute approximate surface area is 82.1 Å². The second-order valence-corrected chi connectivity index (χ2v) is 3.23. The van der Waals surface area contributed by atoms with Crippen LogP contribution in [0.3, 0.4) is 0 Å². The Bertz CT molecular complexity index is 459. The minimum atomic E-state index is 0.513. The number of hydrogen-bond acceptors (Lipinski definition) is 3. The van der Waals surface area contributed by atoms with Gasteiger partial charge in [0, 0.05) is 18.0 Å². The van der Waals surface area contributed by atoms with E-state index in [4.69, 9.17) is 11.5 Å². The van der Waals surface area contributed by atoms with Gasteiger partial charge in [0.05, 0.1) is 5.69 Å². The molecule has 4 nitrogen and oxygen atoms in total. The summed E-state index contributed by atoms with van der Waals surface area (Å²) in [5.74, 6) is 0.513. The Balaban J connectivity index is 2.47. The fourth-order valence-electron chi connectivity index (χ4n) is 1.28. The molecular weight excluding hydrogens is 176 g/mol. The molecule has 72 valence electrons. The molecule has 0 spiro atoms. The van der Waals surface area contributed by atoms with Gasteiger partial charge < -0.3 is 11.5 Å². The lowest BCUT2D eigenvalue weighted by Crippen LogP contribution is -1.98. The van der Waals surface area contributed by atoms with Gasteiger partial charge in [0.25, 0.3) is 0 Å². The van der Waals surface area contributed by atoms with E-state index >= 15 is 0 Å². The van der Waals surface area contributed by atoms with Gasteiger partial charge in [-0.3, -0.25) is 0 Å². The largest absolute Gasteiger partial charge is 0.399 e. The summed E-state index contributed by atoms with van der Waals surface area (Å²) >= 11 is 0. The van der Waals surface area contributed by atoms with E-state index in [1.807, 2.05) is 31.3 Å². The second-order valence-electron chi connectivity index (χ2n) is 3.23. The van der Waals surface area contributed by atoms with E-state index in [0.29, 0.717) is 5.82 Å². The molecule has 4 heteroatoms. The molecule has 2 rings (SSSR count). The highest BCUT2D eigenvalue weighted by molar-refractivity contribution is 5.52. The Kier molecular flexibility index (Phi) is 1.89. The zero-order valence-corrected chi connectivity index (χ0v) is 7.94. The molecule has 0 bridgehead atoms. The van der Waals surface area contributed by atoms with Gasteiger partial charge in [-0.25, -0.2) is 4.68 Å².